The first-order valence-corrected chi connectivity index (χ1v) is 8.17. The molecule has 1 unspecified atom stereocenters. The summed E-state index contributed by atoms with van der Waals surface area (Å²) in [5, 5.41) is 8.28. The third-order valence-electron chi connectivity index (χ3n) is 4.62. The lowest BCUT2D eigenvalue weighted by Crippen LogP contribution is -2.37. The molecule has 1 fully saturated rings. The van der Waals surface area contributed by atoms with E-state index < -0.39 is 0 Å². The Bertz CT molecular complexity index is 431. The number of aromatic nitrogens is 2. The first-order chi connectivity index (χ1) is 9.44. The summed E-state index contributed by atoms with van der Waals surface area (Å²) in [7, 11) is 2.09. The quantitative estimate of drug-likeness (QED) is 0.791. The molecule has 0 aromatic carbocycles. The van der Waals surface area contributed by atoms with E-state index in [1.54, 1.807) is 0 Å². The Labute approximate surface area is 124 Å². The van der Waals surface area contributed by atoms with Gasteiger partial charge in [0.25, 0.3) is 0 Å². The van der Waals surface area contributed by atoms with E-state index in [2.05, 4.69) is 55.9 Å². The van der Waals surface area contributed by atoms with Crippen molar-refractivity contribution in [1.29, 1.82) is 0 Å². The third kappa shape index (κ3) is 3.85. The highest BCUT2D eigenvalue weighted by Crippen LogP contribution is 2.47. The SMILES string of the molecule is CCc1cc(CC(C)(CNCC(C)C)C2CC2)n(C)n1. The molecule has 1 aromatic heterocycles. The Balaban J connectivity index is 2.02. The van der Waals surface area contributed by atoms with Crippen LogP contribution in [0.4, 0.5) is 0 Å². The van der Waals surface area contributed by atoms with Gasteiger partial charge in [0.15, 0.2) is 0 Å². The van der Waals surface area contributed by atoms with E-state index in [4.69, 9.17) is 0 Å². The predicted molar refractivity (Wildman–Crippen MR) is 84.8 cm³/mol. The van der Waals surface area contributed by atoms with Gasteiger partial charge in [0.05, 0.1) is 5.69 Å². The van der Waals surface area contributed by atoms with Gasteiger partial charge in [-0.15, -0.1) is 0 Å². The second kappa shape index (κ2) is 6.30. The molecule has 1 aromatic rings. The lowest BCUT2D eigenvalue weighted by molar-refractivity contribution is 0.247. The summed E-state index contributed by atoms with van der Waals surface area (Å²) in [4.78, 5) is 0. The summed E-state index contributed by atoms with van der Waals surface area (Å²) in [6.45, 7) is 11.4. The van der Waals surface area contributed by atoms with Crippen LogP contribution in [0.2, 0.25) is 0 Å². The zero-order chi connectivity index (χ0) is 14.8. The van der Waals surface area contributed by atoms with Crippen LogP contribution >= 0.6 is 0 Å². The Morgan fingerprint density at radius 2 is 2.15 bits per heavy atom. The molecule has 0 saturated heterocycles. The Morgan fingerprint density at radius 1 is 1.45 bits per heavy atom. The average molecular weight is 277 g/mol. The number of rotatable bonds is 8. The van der Waals surface area contributed by atoms with Crippen LogP contribution in [0.25, 0.3) is 0 Å². The van der Waals surface area contributed by atoms with E-state index in [1.165, 1.54) is 24.2 Å². The van der Waals surface area contributed by atoms with Crippen molar-refractivity contribution < 1.29 is 0 Å². The molecule has 1 aliphatic carbocycles. The zero-order valence-corrected chi connectivity index (χ0v) is 13.9. The lowest BCUT2D eigenvalue weighted by Gasteiger charge is -2.30. The van der Waals surface area contributed by atoms with Crippen molar-refractivity contribution in [1.82, 2.24) is 15.1 Å². The van der Waals surface area contributed by atoms with Gasteiger partial charge in [-0.3, -0.25) is 4.68 Å². The van der Waals surface area contributed by atoms with E-state index in [0.717, 1.165) is 37.8 Å². The summed E-state index contributed by atoms with van der Waals surface area (Å²) in [6.07, 6.45) is 4.97. The number of nitrogens with zero attached hydrogens (tertiary/aromatic N) is 2. The highest BCUT2D eigenvalue weighted by atomic mass is 15.3. The van der Waals surface area contributed by atoms with Crippen LogP contribution in [0.5, 0.6) is 0 Å². The average Bonchev–Trinajstić information content (AvgIpc) is 3.16. The smallest absolute Gasteiger partial charge is 0.0624 e. The minimum Gasteiger partial charge on any atom is -0.316 e. The molecular formula is C17H31N3. The van der Waals surface area contributed by atoms with Gasteiger partial charge in [0.2, 0.25) is 0 Å². The van der Waals surface area contributed by atoms with E-state index >= 15 is 0 Å². The molecule has 1 saturated carbocycles. The standard InChI is InChI=1S/C17H31N3/c1-6-15-9-16(20(5)19-15)10-17(4,14-7-8-14)12-18-11-13(2)3/h9,13-14,18H,6-8,10-12H2,1-5H3. The van der Waals surface area contributed by atoms with Gasteiger partial charge in [0.1, 0.15) is 0 Å². The maximum atomic E-state index is 4.60. The Morgan fingerprint density at radius 3 is 2.65 bits per heavy atom. The van der Waals surface area contributed by atoms with Crippen LogP contribution in [-0.2, 0) is 19.9 Å². The topological polar surface area (TPSA) is 29.9 Å². The fraction of sp³-hybridized carbons (Fsp3) is 0.824. The van der Waals surface area contributed by atoms with E-state index in [9.17, 15) is 0 Å². The van der Waals surface area contributed by atoms with Crippen molar-refractivity contribution in [2.24, 2.45) is 24.3 Å². The molecule has 1 N–H and O–H groups in total. The minimum absolute atomic E-state index is 0.383. The highest BCUT2D eigenvalue weighted by molar-refractivity contribution is 5.13. The van der Waals surface area contributed by atoms with Crippen molar-refractivity contribution in [3.05, 3.63) is 17.5 Å². The summed E-state index contributed by atoms with van der Waals surface area (Å²) in [6, 6.07) is 2.29. The number of aryl methyl sites for hydroxylation is 2. The van der Waals surface area contributed by atoms with E-state index in [0.29, 0.717) is 5.41 Å². The number of nitrogens with one attached hydrogen (secondary N) is 1. The van der Waals surface area contributed by atoms with Crippen molar-refractivity contribution in [3.63, 3.8) is 0 Å². The zero-order valence-electron chi connectivity index (χ0n) is 13.9. The minimum atomic E-state index is 0.383. The van der Waals surface area contributed by atoms with Crippen LogP contribution in [0.15, 0.2) is 6.07 Å². The molecule has 1 aliphatic rings. The fourth-order valence-electron chi connectivity index (χ4n) is 3.10. The normalized spacial score (nSPS) is 18.5. The molecule has 0 radical (unpaired) electrons. The molecule has 2 rings (SSSR count). The number of hydrogen-bond acceptors (Lipinski definition) is 2. The van der Waals surface area contributed by atoms with Crippen molar-refractivity contribution in [2.75, 3.05) is 13.1 Å². The van der Waals surface area contributed by atoms with Gasteiger partial charge in [-0.25, -0.2) is 0 Å². The van der Waals surface area contributed by atoms with Crippen LogP contribution in [0.1, 0.15) is 51.9 Å². The first kappa shape index (κ1) is 15.6. The molecule has 1 heterocycles. The summed E-state index contributed by atoms with van der Waals surface area (Å²) in [5.41, 5.74) is 2.99. The third-order valence-corrected chi connectivity index (χ3v) is 4.62. The van der Waals surface area contributed by atoms with Crippen LogP contribution in [0, 0.1) is 17.3 Å². The maximum absolute atomic E-state index is 4.60. The molecular weight excluding hydrogens is 246 g/mol. The van der Waals surface area contributed by atoms with Crippen LogP contribution in [0.3, 0.4) is 0 Å². The van der Waals surface area contributed by atoms with Gasteiger partial charge in [-0.05, 0) is 55.5 Å². The molecule has 0 bridgehead atoms. The second-order valence-electron chi connectivity index (χ2n) is 7.23. The van der Waals surface area contributed by atoms with Gasteiger partial charge in [-0.1, -0.05) is 27.7 Å². The van der Waals surface area contributed by atoms with Gasteiger partial charge < -0.3 is 5.32 Å². The molecule has 0 aliphatic heterocycles. The van der Waals surface area contributed by atoms with Crippen molar-refractivity contribution >= 4 is 0 Å². The predicted octanol–water partition coefficient (Wildman–Crippen LogP) is 3.19. The van der Waals surface area contributed by atoms with Gasteiger partial charge in [-0.2, -0.15) is 5.10 Å². The Hall–Kier alpha value is -0.830. The summed E-state index contributed by atoms with van der Waals surface area (Å²) < 4.78 is 2.09. The monoisotopic (exact) mass is 277 g/mol. The van der Waals surface area contributed by atoms with Crippen LogP contribution < -0.4 is 5.32 Å². The maximum Gasteiger partial charge on any atom is 0.0624 e. The molecule has 3 heteroatoms. The molecule has 1 atom stereocenters. The number of hydrogen-bond donors (Lipinski definition) is 1. The van der Waals surface area contributed by atoms with Gasteiger partial charge in [0, 0.05) is 19.3 Å². The van der Waals surface area contributed by atoms with Crippen molar-refractivity contribution in [3.8, 4) is 0 Å². The molecule has 3 nitrogen and oxygen atoms in total. The second-order valence-corrected chi connectivity index (χ2v) is 7.23. The highest BCUT2D eigenvalue weighted by Gasteiger charge is 2.41. The van der Waals surface area contributed by atoms with Crippen LogP contribution in [-0.4, -0.2) is 22.9 Å². The van der Waals surface area contributed by atoms with E-state index in [1.807, 2.05) is 0 Å². The Kier molecular flexibility index (Phi) is 4.90. The summed E-state index contributed by atoms with van der Waals surface area (Å²) >= 11 is 0. The molecule has 0 spiro atoms. The van der Waals surface area contributed by atoms with E-state index in [-0.39, 0.29) is 0 Å². The fourth-order valence-corrected chi connectivity index (χ4v) is 3.10. The first-order valence-electron chi connectivity index (χ1n) is 8.17. The lowest BCUT2D eigenvalue weighted by atomic mass is 9.80. The molecule has 20 heavy (non-hydrogen) atoms. The molecule has 114 valence electrons. The van der Waals surface area contributed by atoms with Gasteiger partial charge >= 0.3 is 0 Å². The largest absolute Gasteiger partial charge is 0.316 e. The van der Waals surface area contributed by atoms with Crippen molar-refractivity contribution in [2.45, 2.75) is 53.4 Å². The molecule has 0 amide bonds. The summed E-state index contributed by atoms with van der Waals surface area (Å²) in [5.74, 6) is 1.61.